The average molecular weight is 500 g/mol. The summed E-state index contributed by atoms with van der Waals surface area (Å²) in [5.41, 5.74) is 1.51. The fourth-order valence-electron chi connectivity index (χ4n) is 2.21. The van der Waals surface area contributed by atoms with Gasteiger partial charge in [0.1, 0.15) is 11.6 Å². The summed E-state index contributed by atoms with van der Waals surface area (Å²) in [7, 11) is 4.99. The van der Waals surface area contributed by atoms with E-state index in [1.165, 1.54) is 11.0 Å². The van der Waals surface area contributed by atoms with Crippen LogP contribution in [0.15, 0.2) is 53.5 Å². The van der Waals surface area contributed by atoms with Crippen LogP contribution in [0, 0.1) is 5.82 Å². The van der Waals surface area contributed by atoms with Crippen LogP contribution in [0.1, 0.15) is 11.1 Å². The van der Waals surface area contributed by atoms with Gasteiger partial charge in [0.15, 0.2) is 5.96 Å². The zero-order chi connectivity index (χ0) is 19.6. The maximum absolute atomic E-state index is 13.8. The summed E-state index contributed by atoms with van der Waals surface area (Å²) < 4.78 is 19.0. The number of guanidine groups is 1. The molecule has 0 unspecified atom stereocenters. The summed E-state index contributed by atoms with van der Waals surface area (Å²) in [6, 6.07) is 14.1. The molecular weight excluding hydrogens is 474 g/mol. The van der Waals surface area contributed by atoms with Crippen molar-refractivity contribution in [3.05, 3.63) is 65.5 Å². The molecule has 2 rings (SSSR count). The van der Waals surface area contributed by atoms with Crippen molar-refractivity contribution in [3.8, 4) is 5.75 Å². The molecule has 2 N–H and O–H groups in total. The predicted molar refractivity (Wildman–Crippen MR) is 119 cm³/mol. The molecule has 0 spiro atoms. The van der Waals surface area contributed by atoms with Crippen LogP contribution in [0.3, 0.4) is 0 Å². The van der Waals surface area contributed by atoms with E-state index in [4.69, 9.17) is 4.74 Å². The maximum atomic E-state index is 13.8. The first-order chi connectivity index (χ1) is 13.0. The van der Waals surface area contributed by atoms with Gasteiger partial charge in [-0.3, -0.25) is 4.79 Å². The monoisotopic (exact) mass is 500 g/mol. The Morgan fingerprint density at radius 2 is 1.79 bits per heavy atom. The Bertz CT molecular complexity index is 782. The molecule has 0 aromatic heterocycles. The van der Waals surface area contributed by atoms with Crippen LogP contribution < -0.4 is 15.4 Å². The molecular formula is C20H26FIN4O2. The maximum Gasteiger partial charge on any atom is 0.241 e. The van der Waals surface area contributed by atoms with Gasteiger partial charge in [0.25, 0.3) is 0 Å². The molecule has 0 fully saturated rings. The van der Waals surface area contributed by atoms with Crippen LogP contribution in [0.4, 0.5) is 4.39 Å². The Morgan fingerprint density at radius 1 is 1.11 bits per heavy atom. The quantitative estimate of drug-likeness (QED) is 0.349. The van der Waals surface area contributed by atoms with Gasteiger partial charge in [-0.25, -0.2) is 9.38 Å². The molecule has 0 saturated carbocycles. The second-order valence-corrected chi connectivity index (χ2v) is 6.10. The molecule has 0 radical (unpaired) electrons. The third-order valence-electron chi connectivity index (χ3n) is 3.89. The average Bonchev–Trinajstić information content (AvgIpc) is 2.68. The van der Waals surface area contributed by atoms with Crippen molar-refractivity contribution in [1.82, 2.24) is 15.5 Å². The molecule has 1 amide bonds. The minimum absolute atomic E-state index is 0. The number of nitrogens with one attached hydrogen (secondary N) is 2. The largest absolute Gasteiger partial charge is 0.497 e. The number of ether oxygens (including phenoxy) is 1. The summed E-state index contributed by atoms with van der Waals surface area (Å²) in [5, 5.41) is 6.05. The lowest BCUT2D eigenvalue weighted by Crippen LogP contribution is -2.42. The zero-order valence-corrected chi connectivity index (χ0v) is 18.6. The Morgan fingerprint density at radius 3 is 2.39 bits per heavy atom. The van der Waals surface area contributed by atoms with Crippen LogP contribution >= 0.6 is 24.0 Å². The molecule has 0 bridgehead atoms. The smallest absolute Gasteiger partial charge is 0.241 e. The van der Waals surface area contributed by atoms with Gasteiger partial charge in [0, 0.05) is 26.2 Å². The Labute approximate surface area is 182 Å². The number of nitrogens with zero attached hydrogens (tertiary/aromatic N) is 2. The van der Waals surface area contributed by atoms with Gasteiger partial charge >= 0.3 is 0 Å². The highest BCUT2D eigenvalue weighted by Gasteiger charge is 2.07. The highest BCUT2D eigenvalue weighted by Crippen LogP contribution is 2.12. The number of amides is 1. The Hall–Kier alpha value is -2.36. The molecule has 0 atom stereocenters. The van der Waals surface area contributed by atoms with E-state index >= 15 is 0 Å². The summed E-state index contributed by atoms with van der Waals surface area (Å²) >= 11 is 0. The lowest BCUT2D eigenvalue weighted by atomic mass is 10.2. The predicted octanol–water partition coefficient (Wildman–Crippen LogP) is 2.78. The molecule has 0 saturated heterocycles. The summed E-state index contributed by atoms with van der Waals surface area (Å²) in [4.78, 5) is 17.8. The number of carbonyl (C=O) groups is 1. The van der Waals surface area contributed by atoms with Crippen LogP contribution in [-0.2, 0) is 17.9 Å². The van der Waals surface area contributed by atoms with E-state index in [1.807, 2.05) is 24.3 Å². The first-order valence-corrected chi connectivity index (χ1v) is 8.58. The van der Waals surface area contributed by atoms with E-state index in [1.54, 1.807) is 39.4 Å². The summed E-state index contributed by atoms with van der Waals surface area (Å²) in [5.74, 6) is 0.836. The molecule has 0 heterocycles. The minimum Gasteiger partial charge on any atom is -0.497 e. The lowest BCUT2D eigenvalue weighted by Gasteiger charge is -2.15. The first-order valence-electron chi connectivity index (χ1n) is 8.58. The molecule has 0 aliphatic carbocycles. The number of rotatable bonds is 7. The lowest BCUT2D eigenvalue weighted by molar-refractivity contribution is -0.127. The molecule has 2 aromatic rings. The van der Waals surface area contributed by atoms with Crippen molar-refractivity contribution < 1.29 is 13.9 Å². The number of methoxy groups -OCH3 is 1. The van der Waals surface area contributed by atoms with E-state index in [0.717, 1.165) is 11.3 Å². The molecule has 8 heteroatoms. The number of benzene rings is 2. The van der Waals surface area contributed by atoms with Crippen molar-refractivity contribution >= 4 is 35.8 Å². The minimum atomic E-state index is -0.288. The van der Waals surface area contributed by atoms with E-state index in [2.05, 4.69) is 15.6 Å². The second kappa shape index (κ2) is 12.2. The van der Waals surface area contributed by atoms with Gasteiger partial charge < -0.3 is 20.3 Å². The van der Waals surface area contributed by atoms with Gasteiger partial charge in [0.05, 0.1) is 20.2 Å². The number of carbonyl (C=O) groups excluding carboxylic acids is 1. The van der Waals surface area contributed by atoms with E-state index in [0.29, 0.717) is 18.1 Å². The molecule has 2 aromatic carbocycles. The van der Waals surface area contributed by atoms with Crippen LogP contribution in [0.5, 0.6) is 5.75 Å². The van der Waals surface area contributed by atoms with E-state index in [9.17, 15) is 9.18 Å². The topological polar surface area (TPSA) is 66.0 Å². The van der Waals surface area contributed by atoms with Crippen LogP contribution in [0.2, 0.25) is 0 Å². The van der Waals surface area contributed by atoms with Gasteiger partial charge in [-0.15, -0.1) is 24.0 Å². The number of hydrogen-bond acceptors (Lipinski definition) is 3. The third-order valence-corrected chi connectivity index (χ3v) is 3.89. The number of aliphatic imine (C=N–C) groups is 1. The van der Waals surface area contributed by atoms with Gasteiger partial charge in [-0.05, 0) is 23.8 Å². The molecule has 0 aliphatic rings. The second-order valence-electron chi connectivity index (χ2n) is 6.10. The van der Waals surface area contributed by atoms with Gasteiger partial charge in [-0.1, -0.05) is 30.3 Å². The summed E-state index contributed by atoms with van der Waals surface area (Å²) in [6.45, 7) is 0.767. The van der Waals surface area contributed by atoms with Crippen molar-refractivity contribution in [3.63, 3.8) is 0 Å². The molecule has 152 valence electrons. The molecule has 6 nitrogen and oxygen atoms in total. The first kappa shape index (κ1) is 23.7. The Kier molecular flexibility index (Phi) is 10.3. The Balaban J connectivity index is 0.00000392. The SMILES string of the molecule is COc1ccc(CN=C(NCC(=O)N(C)C)NCc2ccccc2F)cc1.I. The van der Waals surface area contributed by atoms with Crippen LogP contribution in [0.25, 0.3) is 0 Å². The van der Waals surface area contributed by atoms with Crippen LogP contribution in [-0.4, -0.2) is 44.5 Å². The standard InChI is InChI=1S/C20H25FN4O2.HI/c1-25(2)19(26)14-24-20(23-13-16-6-4-5-7-18(16)21)22-12-15-8-10-17(27-3)11-9-15;/h4-11H,12-14H2,1-3H3,(H2,22,23,24);1H. The van der Waals surface area contributed by atoms with Gasteiger partial charge in [-0.2, -0.15) is 0 Å². The van der Waals surface area contributed by atoms with Gasteiger partial charge in [0.2, 0.25) is 5.91 Å². The highest BCUT2D eigenvalue weighted by molar-refractivity contribution is 14.0. The molecule has 28 heavy (non-hydrogen) atoms. The fourth-order valence-corrected chi connectivity index (χ4v) is 2.21. The normalized spacial score (nSPS) is 10.6. The number of hydrogen-bond donors (Lipinski definition) is 2. The summed E-state index contributed by atoms with van der Waals surface area (Å²) in [6.07, 6.45) is 0. The van der Waals surface area contributed by atoms with Crippen molar-refractivity contribution in [2.45, 2.75) is 13.1 Å². The highest BCUT2D eigenvalue weighted by atomic mass is 127. The fraction of sp³-hybridized carbons (Fsp3) is 0.300. The van der Waals surface area contributed by atoms with Crippen molar-refractivity contribution in [2.75, 3.05) is 27.7 Å². The van der Waals surface area contributed by atoms with E-state index < -0.39 is 0 Å². The zero-order valence-electron chi connectivity index (χ0n) is 16.2. The molecule has 0 aliphatic heterocycles. The van der Waals surface area contributed by atoms with E-state index in [-0.39, 0.29) is 48.8 Å². The third kappa shape index (κ3) is 7.71. The number of halogens is 2. The van der Waals surface area contributed by atoms with Crippen molar-refractivity contribution in [2.24, 2.45) is 4.99 Å². The van der Waals surface area contributed by atoms with Crippen molar-refractivity contribution in [1.29, 1.82) is 0 Å². The number of likely N-dealkylation sites (N-methyl/N-ethyl adjacent to an activating group) is 1.